The van der Waals surface area contributed by atoms with Gasteiger partial charge in [0.2, 0.25) is 0 Å². The molecule has 0 aromatic heterocycles. The molecule has 0 aliphatic heterocycles. The number of nitrogens with zero attached hydrogens (tertiary/aromatic N) is 1. The van der Waals surface area contributed by atoms with Crippen LogP contribution in [0.1, 0.15) is 0 Å². The molecule has 0 aliphatic rings. The molecule has 0 atom stereocenters. The fourth-order valence-corrected chi connectivity index (χ4v) is 0.321. The topological polar surface area (TPSA) is 46.6 Å². The van der Waals surface area contributed by atoms with Crippen molar-refractivity contribution in [2.45, 2.75) is 0 Å². The van der Waals surface area contributed by atoms with Gasteiger partial charge in [-0.2, -0.15) is 0 Å². The van der Waals surface area contributed by atoms with Crippen molar-refractivity contribution in [3.05, 3.63) is 12.7 Å². The second-order valence-corrected chi connectivity index (χ2v) is 2.10. The molecule has 0 saturated heterocycles. The van der Waals surface area contributed by atoms with Crippen LogP contribution in [0.25, 0.3) is 0 Å². The maximum absolute atomic E-state index is 10.8. The zero-order chi connectivity index (χ0) is 8.85. The fourth-order valence-electron chi connectivity index (χ4n) is 0.321. The fraction of sp³-hybridized carbons (Fsp3) is 0.429. The Morgan fingerprint density at radius 3 is 2.45 bits per heavy atom. The van der Waals surface area contributed by atoms with Crippen LogP contribution in [0.2, 0.25) is 0 Å². The minimum atomic E-state index is -0.583. The van der Waals surface area contributed by atoms with Gasteiger partial charge in [-0.15, -0.1) is 0 Å². The lowest BCUT2D eigenvalue weighted by molar-refractivity contribution is -0.146. The Kier molecular flexibility index (Phi) is 3.95. The first-order chi connectivity index (χ1) is 5.07. The number of amides is 1. The molecule has 0 N–H and O–H groups in total. The second-order valence-electron chi connectivity index (χ2n) is 2.10. The maximum Gasteiger partial charge on any atom is 0.330 e. The molecule has 0 saturated carbocycles. The second kappa shape index (κ2) is 4.49. The van der Waals surface area contributed by atoms with Crippen LogP contribution in [-0.2, 0) is 14.3 Å². The molecule has 0 fully saturated rings. The summed E-state index contributed by atoms with van der Waals surface area (Å²) >= 11 is 0. The quantitative estimate of drug-likeness (QED) is 0.421. The Hall–Kier alpha value is -1.32. The molecule has 0 unspecified atom stereocenters. The van der Waals surface area contributed by atoms with Gasteiger partial charge < -0.3 is 9.64 Å². The van der Waals surface area contributed by atoms with E-state index in [1.165, 1.54) is 4.90 Å². The van der Waals surface area contributed by atoms with Gasteiger partial charge in [0.05, 0.1) is 0 Å². The van der Waals surface area contributed by atoms with E-state index in [4.69, 9.17) is 0 Å². The van der Waals surface area contributed by atoms with Gasteiger partial charge in [-0.3, -0.25) is 4.79 Å². The first-order valence-electron chi connectivity index (χ1n) is 3.07. The molecule has 4 heteroatoms. The van der Waals surface area contributed by atoms with Crippen LogP contribution in [0.4, 0.5) is 0 Å². The first kappa shape index (κ1) is 9.68. The molecule has 62 valence electrons. The average molecular weight is 157 g/mol. The predicted molar refractivity (Wildman–Crippen MR) is 39.9 cm³/mol. The highest BCUT2D eigenvalue weighted by Gasteiger charge is 2.05. The van der Waals surface area contributed by atoms with Crippen molar-refractivity contribution in [1.82, 2.24) is 4.90 Å². The Bertz CT molecular complexity index is 175. The molecule has 11 heavy (non-hydrogen) atoms. The summed E-state index contributed by atoms with van der Waals surface area (Å²) in [5, 5.41) is 0. The van der Waals surface area contributed by atoms with Crippen molar-refractivity contribution < 1.29 is 14.3 Å². The molecule has 0 bridgehead atoms. The monoisotopic (exact) mass is 157 g/mol. The molecule has 0 spiro atoms. The summed E-state index contributed by atoms with van der Waals surface area (Å²) in [7, 11) is 3.17. The van der Waals surface area contributed by atoms with E-state index in [1.54, 1.807) is 14.1 Å². The summed E-state index contributed by atoms with van der Waals surface area (Å²) < 4.78 is 4.47. The van der Waals surface area contributed by atoms with Gasteiger partial charge in [0.15, 0.2) is 6.61 Å². The van der Waals surface area contributed by atoms with Crippen molar-refractivity contribution >= 4 is 11.9 Å². The third-order valence-electron chi connectivity index (χ3n) is 1.00. The minimum absolute atomic E-state index is 0.224. The minimum Gasteiger partial charge on any atom is -0.452 e. The third kappa shape index (κ3) is 4.13. The molecule has 4 nitrogen and oxygen atoms in total. The van der Waals surface area contributed by atoms with Gasteiger partial charge in [0.25, 0.3) is 5.91 Å². The summed E-state index contributed by atoms with van der Waals surface area (Å²) in [5.41, 5.74) is 0. The average Bonchev–Trinajstić information content (AvgIpc) is 1.99. The number of carbonyl (C=O) groups excluding carboxylic acids is 2. The number of carbonyl (C=O) groups is 2. The number of hydrogen-bond acceptors (Lipinski definition) is 3. The number of esters is 1. The molecule has 0 aromatic carbocycles. The molecule has 1 amide bonds. The van der Waals surface area contributed by atoms with Crippen molar-refractivity contribution in [1.29, 1.82) is 0 Å². The number of hydrogen-bond donors (Lipinski definition) is 0. The molecule has 0 radical (unpaired) electrons. The van der Waals surface area contributed by atoms with Crippen molar-refractivity contribution in [2.24, 2.45) is 0 Å². The highest BCUT2D eigenvalue weighted by Crippen LogP contribution is 1.83. The first-order valence-corrected chi connectivity index (χ1v) is 3.07. The van der Waals surface area contributed by atoms with E-state index in [1.807, 2.05) is 0 Å². The molecule has 0 aromatic rings. The van der Waals surface area contributed by atoms with Gasteiger partial charge >= 0.3 is 5.97 Å². The summed E-state index contributed by atoms with van der Waals surface area (Å²) in [5.74, 6) is -0.833. The van der Waals surface area contributed by atoms with Gasteiger partial charge in [0.1, 0.15) is 0 Å². The molecule has 0 rings (SSSR count). The summed E-state index contributed by atoms with van der Waals surface area (Å²) in [6, 6.07) is 0. The van der Waals surface area contributed by atoms with Crippen molar-refractivity contribution in [3.63, 3.8) is 0 Å². The summed E-state index contributed by atoms with van der Waals surface area (Å²) in [4.78, 5) is 22.5. The van der Waals surface area contributed by atoms with E-state index in [0.717, 1.165) is 6.08 Å². The Labute approximate surface area is 65.4 Å². The lowest BCUT2D eigenvalue weighted by Gasteiger charge is -2.08. The predicted octanol–water partition coefficient (Wildman–Crippen LogP) is -0.196. The smallest absolute Gasteiger partial charge is 0.330 e. The SMILES string of the molecule is C=CC(=O)OCC(=O)N(C)C. The highest BCUT2D eigenvalue weighted by atomic mass is 16.5. The van der Waals surface area contributed by atoms with Crippen molar-refractivity contribution in [3.8, 4) is 0 Å². The number of rotatable bonds is 3. The maximum atomic E-state index is 10.8. The molecule has 0 aliphatic carbocycles. The van der Waals surface area contributed by atoms with Gasteiger partial charge in [-0.25, -0.2) is 4.79 Å². The lowest BCUT2D eigenvalue weighted by Crippen LogP contribution is -2.27. The van der Waals surface area contributed by atoms with Crippen LogP contribution in [0, 0.1) is 0 Å². The van der Waals surface area contributed by atoms with Crippen LogP contribution in [0.3, 0.4) is 0 Å². The van der Waals surface area contributed by atoms with E-state index in [2.05, 4.69) is 11.3 Å². The zero-order valence-electron chi connectivity index (χ0n) is 6.66. The van der Waals surface area contributed by atoms with E-state index < -0.39 is 5.97 Å². The van der Waals surface area contributed by atoms with E-state index >= 15 is 0 Å². The molecular formula is C7H11NO3. The van der Waals surface area contributed by atoms with Crippen LogP contribution < -0.4 is 0 Å². The Balaban J connectivity index is 3.62. The van der Waals surface area contributed by atoms with Crippen LogP contribution >= 0.6 is 0 Å². The number of likely N-dealkylation sites (N-methyl/N-ethyl adjacent to an activating group) is 1. The van der Waals surface area contributed by atoms with Crippen LogP contribution in [-0.4, -0.2) is 37.5 Å². The Morgan fingerprint density at radius 1 is 1.55 bits per heavy atom. The third-order valence-corrected chi connectivity index (χ3v) is 1.00. The van der Waals surface area contributed by atoms with Gasteiger partial charge in [-0.05, 0) is 0 Å². The van der Waals surface area contributed by atoms with Gasteiger partial charge in [-0.1, -0.05) is 6.58 Å². The normalized spacial score (nSPS) is 8.55. The lowest BCUT2D eigenvalue weighted by atomic mass is 10.6. The van der Waals surface area contributed by atoms with Crippen LogP contribution in [0.5, 0.6) is 0 Å². The van der Waals surface area contributed by atoms with E-state index in [9.17, 15) is 9.59 Å². The van der Waals surface area contributed by atoms with Gasteiger partial charge in [0, 0.05) is 20.2 Å². The Morgan fingerprint density at radius 2 is 2.09 bits per heavy atom. The summed E-state index contributed by atoms with van der Waals surface area (Å²) in [6.07, 6.45) is 1.02. The molecule has 0 heterocycles. The number of ether oxygens (including phenoxy) is 1. The zero-order valence-corrected chi connectivity index (χ0v) is 6.66. The highest BCUT2D eigenvalue weighted by molar-refractivity contribution is 5.85. The largest absolute Gasteiger partial charge is 0.452 e. The summed E-state index contributed by atoms with van der Waals surface area (Å²) in [6.45, 7) is 2.96. The van der Waals surface area contributed by atoms with E-state index in [0.29, 0.717) is 0 Å². The standard InChI is InChI=1S/C7H11NO3/c1-4-7(10)11-5-6(9)8(2)3/h4H,1,5H2,2-3H3. The van der Waals surface area contributed by atoms with Crippen molar-refractivity contribution in [2.75, 3.05) is 20.7 Å². The van der Waals surface area contributed by atoms with Crippen LogP contribution in [0.15, 0.2) is 12.7 Å². The van der Waals surface area contributed by atoms with E-state index in [-0.39, 0.29) is 12.5 Å². The molecular weight excluding hydrogens is 146 g/mol.